The molecule has 14 heavy (non-hydrogen) atoms. The van der Waals surface area contributed by atoms with Gasteiger partial charge in [0.15, 0.2) is 0 Å². The molecule has 4 nitrogen and oxygen atoms in total. The van der Waals surface area contributed by atoms with E-state index in [1.165, 1.54) is 0 Å². The Kier molecular flexibility index (Phi) is 3.16. The van der Waals surface area contributed by atoms with Crippen LogP contribution in [0.3, 0.4) is 0 Å². The maximum Gasteiger partial charge on any atom is 0.150 e. The summed E-state index contributed by atoms with van der Waals surface area (Å²) in [5, 5.41) is 7.07. The molecule has 2 unspecified atom stereocenters. The third-order valence-electron chi connectivity index (χ3n) is 2.76. The molecule has 1 aromatic heterocycles. The van der Waals surface area contributed by atoms with Gasteiger partial charge in [-0.15, -0.1) is 0 Å². The molecule has 0 radical (unpaired) electrons. The summed E-state index contributed by atoms with van der Waals surface area (Å²) >= 11 is 0. The second-order valence-corrected chi connectivity index (χ2v) is 3.77. The van der Waals surface area contributed by atoms with E-state index in [1.807, 2.05) is 6.07 Å². The lowest BCUT2D eigenvalue weighted by Gasteiger charge is -2.18. The van der Waals surface area contributed by atoms with Gasteiger partial charge in [0.25, 0.3) is 0 Å². The van der Waals surface area contributed by atoms with Crippen LogP contribution < -0.4 is 5.32 Å². The SMILES string of the molecule is CC(NCc1ccno1)C1CCOC1. The molecule has 1 aliphatic heterocycles. The first-order chi connectivity index (χ1) is 6.86. The number of nitrogens with one attached hydrogen (secondary N) is 1. The molecule has 0 spiro atoms. The average molecular weight is 196 g/mol. The summed E-state index contributed by atoms with van der Waals surface area (Å²) in [6.07, 6.45) is 2.82. The van der Waals surface area contributed by atoms with Crippen molar-refractivity contribution >= 4 is 0 Å². The first-order valence-electron chi connectivity index (χ1n) is 5.07. The van der Waals surface area contributed by atoms with Crippen molar-refractivity contribution in [1.29, 1.82) is 0 Å². The normalized spacial score (nSPS) is 23.9. The molecule has 0 aromatic carbocycles. The van der Waals surface area contributed by atoms with Gasteiger partial charge in [0.2, 0.25) is 0 Å². The van der Waals surface area contributed by atoms with Crippen molar-refractivity contribution in [3.63, 3.8) is 0 Å². The van der Waals surface area contributed by atoms with E-state index in [2.05, 4.69) is 17.4 Å². The van der Waals surface area contributed by atoms with Crippen LogP contribution in [-0.4, -0.2) is 24.4 Å². The van der Waals surface area contributed by atoms with E-state index in [4.69, 9.17) is 9.26 Å². The Morgan fingerprint density at radius 3 is 3.29 bits per heavy atom. The summed E-state index contributed by atoms with van der Waals surface area (Å²) in [5.74, 6) is 1.52. The Hall–Kier alpha value is -0.870. The average Bonchev–Trinajstić information content (AvgIpc) is 2.87. The first kappa shape index (κ1) is 9.68. The van der Waals surface area contributed by atoms with Gasteiger partial charge in [-0.1, -0.05) is 5.16 Å². The first-order valence-corrected chi connectivity index (χ1v) is 5.07. The van der Waals surface area contributed by atoms with E-state index in [1.54, 1.807) is 6.20 Å². The lowest BCUT2D eigenvalue weighted by Crippen LogP contribution is -2.33. The van der Waals surface area contributed by atoms with E-state index in [0.717, 1.165) is 31.9 Å². The van der Waals surface area contributed by atoms with Crippen LogP contribution in [0, 0.1) is 5.92 Å². The lowest BCUT2D eigenvalue weighted by molar-refractivity contribution is 0.177. The van der Waals surface area contributed by atoms with Crippen molar-refractivity contribution in [3.05, 3.63) is 18.0 Å². The fourth-order valence-electron chi connectivity index (χ4n) is 1.71. The molecular weight excluding hydrogens is 180 g/mol. The summed E-state index contributed by atoms with van der Waals surface area (Å²) in [6, 6.07) is 2.35. The molecule has 1 saturated heterocycles. The third-order valence-corrected chi connectivity index (χ3v) is 2.76. The van der Waals surface area contributed by atoms with Crippen LogP contribution in [0.15, 0.2) is 16.8 Å². The summed E-state index contributed by atoms with van der Waals surface area (Å²) in [4.78, 5) is 0. The van der Waals surface area contributed by atoms with Gasteiger partial charge in [-0.05, 0) is 19.3 Å². The number of nitrogens with zero attached hydrogens (tertiary/aromatic N) is 1. The molecule has 1 fully saturated rings. The molecule has 0 bridgehead atoms. The van der Waals surface area contributed by atoms with Gasteiger partial charge >= 0.3 is 0 Å². The van der Waals surface area contributed by atoms with E-state index in [-0.39, 0.29) is 0 Å². The zero-order valence-electron chi connectivity index (χ0n) is 8.40. The summed E-state index contributed by atoms with van der Waals surface area (Å²) in [7, 11) is 0. The molecule has 0 saturated carbocycles. The number of rotatable bonds is 4. The van der Waals surface area contributed by atoms with E-state index in [0.29, 0.717) is 12.0 Å². The Morgan fingerprint density at radius 1 is 1.71 bits per heavy atom. The fraction of sp³-hybridized carbons (Fsp3) is 0.700. The number of hydrogen-bond donors (Lipinski definition) is 1. The van der Waals surface area contributed by atoms with Crippen molar-refractivity contribution in [2.45, 2.75) is 25.9 Å². The number of aromatic nitrogens is 1. The summed E-state index contributed by atoms with van der Waals surface area (Å²) in [6.45, 7) is 4.72. The molecule has 2 heterocycles. The van der Waals surface area contributed by atoms with E-state index in [9.17, 15) is 0 Å². The molecule has 0 amide bonds. The second-order valence-electron chi connectivity index (χ2n) is 3.77. The van der Waals surface area contributed by atoms with Crippen molar-refractivity contribution < 1.29 is 9.26 Å². The highest BCUT2D eigenvalue weighted by Gasteiger charge is 2.21. The van der Waals surface area contributed by atoms with Crippen LogP contribution in [0.4, 0.5) is 0 Å². The lowest BCUT2D eigenvalue weighted by atomic mass is 10.0. The molecule has 78 valence electrons. The maximum atomic E-state index is 5.34. The zero-order valence-corrected chi connectivity index (χ0v) is 8.40. The number of ether oxygens (including phenoxy) is 1. The minimum absolute atomic E-state index is 0.475. The van der Waals surface area contributed by atoms with Crippen molar-refractivity contribution in [3.8, 4) is 0 Å². The zero-order chi connectivity index (χ0) is 9.80. The van der Waals surface area contributed by atoms with Gasteiger partial charge < -0.3 is 14.6 Å². The fourth-order valence-corrected chi connectivity index (χ4v) is 1.71. The molecule has 1 aliphatic rings. The van der Waals surface area contributed by atoms with Crippen molar-refractivity contribution in [2.24, 2.45) is 5.92 Å². The van der Waals surface area contributed by atoms with Crippen LogP contribution in [0.25, 0.3) is 0 Å². The van der Waals surface area contributed by atoms with E-state index >= 15 is 0 Å². The second kappa shape index (κ2) is 4.57. The Bertz CT molecular complexity index is 255. The van der Waals surface area contributed by atoms with Crippen LogP contribution >= 0.6 is 0 Å². The molecule has 0 aliphatic carbocycles. The van der Waals surface area contributed by atoms with Gasteiger partial charge in [0.1, 0.15) is 5.76 Å². The molecule has 4 heteroatoms. The van der Waals surface area contributed by atoms with Gasteiger partial charge in [0.05, 0.1) is 19.3 Å². The largest absolute Gasteiger partial charge is 0.381 e. The third kappa shape index (κ3) is 2.33. The smallest absolute Gasteiger partial charge is 0.150 e. The van der Waals surface area contributed by atoms with Gasteiger partial charge in [-0.25, -0.2) is 0 Å². The predicted molar refractivity (Wildman–Crippen MR) is 51.7 cm³/mol. The maximum absolute atomic E-state index is 5.34. The van der Waals surface area contributed by atoms with Gasteiger partial charge in [-0.2, -0.15) is 0 Å². The minimum atomic E-state index is 0.475. The highest BCUT2D eigenvalue weighted by molar-refractivity contribution is 4.92. The molecule has 1 N–H and O–H groups in total. The van der Waals surface area contributed by atoms with Crippen LogP contribution in [0.5, 0.6) is 0 Å². The Morgan fingerprint density at radius 2 is 2.64 bits per heavy atom. The van der Waals surface area contributed by atoms with Crippen LogP contribution in [0.2, 0.25) is 0 Å². The monoisotopic (exact) mass is 196 g/mol. The molecular formula is C10H16N2O2. The van der Waals surface area contributed by atoms with Crippen LogP contribution in [-0.2, 0) is 11.3 Å². The molecule has 2 rings (SSSR count). The van der Waals surface area contributed by atoms with Crippen molar-refractivity contribution in [2.75, 3.05) is 13.2 Å². The van der Waals surface area contributed by atoms with Gasteiger partial charge in [0, 0.05) is 18.7 Å². The molecule has 1 aromatic rings. The Balaban J connectivity index is 1.74. The molecule has 2 atom stereocenters. The summed E-state index contributed by atoms with van der Waals surface area (Å²) < 4.78 is 10.3. The Labute approximate surface area is 83.6 Å². The quantitative estimate of drug-likeness (QED) is 0.785. The van der Waals surface area contributed by atoms with Crippen molar-refractivity contribution in [1.82, 2.24) is 10.5 Å². The highest BCUT2D eigenvalue weighted by atomic mass is 16.5. The topological polar surface area (TPSA) is 47.3 Å². The summed E-state index contributed by atoms with van der Waals surface area (Å²) in [5.41, 5.74) is 0. The standard InChI is InChI=1S/C10H16N2O2/c1-8(9-3-5-13-7-9)11-6-10-2-4-12-14-10/h2,4,8-9,11H,3,5-7H2,1H3. The van der Waals surface area contributed by atoms with Crippen LogP contribution in [0.1, 0.15) is 19.1 Å². The predicted octanol–water partition coefficient (Wildman–Crippen LogP) is 1.19. The highest BCUT2D eigenvalue weighted by Crippen LogP contribution is 2.16. The van der Waals surface area contributed by atoms with E-state index < -0.39 is 0 Å². The number of hydrogen-bond acceptors (Lipinski definition) is 4. The minimum Gasteiger partial charge on any atom is -0.381 e. The van der Waals surface area contributed by atoms with Gasteiger partial charge in [-0.3, -0.25) is 0 Å².